The highest BCUT2D eigenvalue weighted by Gasteiger charge is 2.02. The Hall–Kier alpha value is -0.900. The summed E-state index contributed by atoms with van der Waals surface area (Å²) in [4.78, 5) is 0. The normalized spacial score (nSPS) is 12.8. The van der Waals surface area contributed by atoms with E-state index >= 15 is 0 Å². The monoisotopic (exact) mass is 180 g/mol. The van der Waals surface area contributed by atoms with E-state index < -0.39 is 0 Å². The average Bonchev–Trinajstić information content (AvgIpc) is 2.17. The molecule has 0 spiro atoms. The fourth-order valence-corrected chi connectivity index (χ4v) is 1.22. The van der Waals surface area contributed by atoms with Gasteiger partial charge in [-0.15, -0.1) is 0 Å². The van der Waals surface area contributed by atoms with E-state index in [1.807, 2.05) is 18.2 Å². The van der Waals surface area contributed by atoms with Gasteiger partial charge in [-0.2, -0.15) is 0 Å². The Morgan fingerprint density at radius 2 is 2.00 bits per heavy atom. The maximum absolute atomic E-state index is 9.37. The van der Waals surface area contributed by atoms with E-state index in [0.29, 0.717) is 6.54 Å². The summed E-state index contributed by atoms with van der Waals surface area (Å²) >= 11 is 0. The zero-order valence-corrected chi connectivity index (χ0v) is 7.61. The molecule has 1 aromatic carbocycles. The SMILES string of the molecule is NNC[C@H](O)CCc1ccccc1. The molecule has 0 bridgehead atoms. The lowest BCUT2D eigenvalue weighted by Crippen LogP contribution is -2.32. The first-order valence-corrected chi connectivity index (χ1v) is 4.48. The Morgan fingerprint density at radius 1 is 1.31 bits per heavy atom. The van der Waals surface area contributed by atoms with Crippen molar-refractivity contribution in [1.82, 2.24) is 5.43 Å². The minimum absolute atomic E-state index is 0.356. The van der Waals surface area contributed by atoms with Crippen molar-refractivity contribution in [3.8, 4) is 0 Å². The number of hydrogen-bond acceptors (Lipinski definition) is 3. The molecule has 1 atom stereocenters. The molecule has 3 nitrogen and oxygen atoms in total. The highest BCUT2D eigenvalue weighted by molar-refractivity contribution is 5.14. The highest BCUT2D eigenvalue weighted by atomic mass is 16.3. The van der Waals surface area contributed by atoms with Crippen molar-refractivity contribution < 1.29 is 5.11 Å². The molecule has 0 heterocycles. The molecule has 13 heavy (non-hydrogen) atoms. The Morgan fingerprint density at radius 3 is 2.62 bits per heavy atom. The molecule has 0 aliphatic heterocycles. The molecule has 0 aliphatic rings. The lowest BCUT2D eigenvalue weighted by Gasteiger charge is -2.08. The van der Waals surface area contributed by atoms with Crippen LogP contribution in [-0.4, -0.2) is 17.8 Å². The number of nitrogens with two attached hydrogens (primary N) is 1. The van der Waals surface area contributed by atoms with Gasteiger partial charge in [-0.05, 0) is 18.4 Å². The lowest BCUT2D eigenvalue weighted by atomic mass is 10.1. The van der Waals surface area contributed by atoms with Crippen molar-refractivity contribution >= 4 is 0 Å². The van der Waals surface area contributed by atoms with Crippen LogP contribution in [0.3, 0.4) is 0 Å². The Balaban J connectivity index is 2.27. The van der Waals surface area contributed by atoms with E-state index in [-0.39, 0.29) is 6.10 Å². The molecule has 0 unspecified atom stereocenters. The van der Waals surface area contributed by atoms with Gasteiger partial charge in [0.25, 0.3) is 0 Å². The van der Waals surface area contributed by atoms with E-state index in [0.717, 1.165) is 12.8 Å². The van der Waals surface area contributed by atoms with Crippen LogP contribution in [-0.2, 0) is 6.42 Å². The summed E-state index contributed by atoms with van der Waals surface area (Å²) in [7, 11) is 0. The molecular weight excluding hydrogens is 164 g/mol. The maximum atomic E-state index is 9.37. The van der Waals surface area contributed by atoms with Crippen LogP contribution in [0, 0.1) is 0 Å². The third kappa shape index (κ3) is 4.03. The number of rotatable bonds is 5. The topological polar surface area (TPSA) is 58.3 Å². The molecule has 1 rings (SSSR count). The van der Waals surface area contributed by atoms with E-state index in [1.165, 1.54) is 5.56 Å². The van der Waals surface area contributed by atoms with Gasteiger partial charge in [0.2, 0.25) is 0 Å². The molecule has 72 valence electrons. The van der Waals surface area contributed by atoms with Crippen LogP contribution in [0.4, 0.5) is 0 Å². The van der Waals surface area contributed by atoms with Gasteiger partial charge in [-0.1, -0.05) is 30.3 Å². The molecule has 1 aromatic rings. The predicted molar refractivity (Wildman–Crippen MR) is 53.0 cm³/mol. The average molecular weight is 180 g/mol. The number of aliphatic hydroxyl groups is 1. The number of aryl methyl sites for hydroxylation is 1. The standard InChI is InChI=1S/C10H16N2O/c11-12-8-10(13)7-6-9-4-2-1-3-5-9/h1-5,10,12-13H,6-8,11H2/t10-/m1/s1. The second kappa shape index (κ2) is 5.70. The summed E-state index contributed by atoms with van der Waals surface area (Å²) in [6.07, 6.45) is 1.28. The molecule has 0 radical (unpaired) electrons. The lowest BCUT2D eigenvalue weighted by molar-refractivity contribution is 0.162. The molecular formula is C10H16N2O. The zero-order valence-electron chi connectivity index (χ0n) is 7.61. The Labute approximate surface area is 78.5 Å². The molecule has 0 amide bonds. The van der Waals surface area contributed by atoms with Crippen molar-refractivity contribution in [3.05, 3.63) is 35.9 Å². The van der Waals surface area contributed by atoms with Gasteiger partial charge in [0, 0.05) is 6.54 Å². The van der Waals surface area contributed by atoms with Crippen LogP contribution in [0.5, 0.6) is 0 Å². The molecule has 0 aromatic heterocycles. The van der Waals surface area contributed by atoms with Gasteiger partial charge in [-0.25, -0.2) is 0 Å². The Bertz CT molecular complexity index is 226. The highest BCUT2D eigenvalue weighted by Crippen LogP contribution is 2.04. The first-order chi connectivity index (χ1) is 6.33. The molecule has 0 saturated heterocycles. The molecule has 0 saturated carbocycles. The maximum Gasteiger partial charge on any atom is 0.0681 e. The van der Waals surface area contributed by atoms with Gasteiger partial charge in [0.1, 0.15) is 0 Å². The van der Waals surface area contributed by atoms with Crippen LogP contribution in [0.25, 0.3) is 0 Å². The fourth-order valence-electron chi connectivity index (χ4n) is 1.22. The third-order valence-corrected chi connectivity index (χ3v) is 1.96. The third-order valence-electron chi connectivity index (χ3n) is 1.96. The molecule has 0 fully saturated rings. The van der Waals surface area contributed by atoms with Gasteiger partial charge < -0.3 is 5.11 Å². The van der Waals surface area contributed by atoms with Crippen LogP contribution in [0.15, 0.2) is 30.3 Å². The van der Waals surface area contributed by atoms with Crippen molar-refractivity contribution in [2.24, 2.45) is 5.84 Å². The Kier molecular flexibility index (Phi) is 4.46. The van der Waals surface area contributed by atoms with Crippen molar-refractivity contribution in [3.63, 3.8) is 0 Å². The smallest absolute Gasteiger partial charge is 0.0681 e. The summed E-state index contributed by atoms with van der Waals surface area (Å²) in [5, 5.41) is 9.37. The van der Waals surface area contributed by atoms with Gasteiger partial charge in [0.05, 0.1) is 6.10 Å². The van der Waals surface area contributed by atoms with Crippen molar-refractivity contribution in [2.75, 3.05) is 6.54 Å². The van der Waals surface area contributed by atoms with E-state index in [4.69, 9.17) is 5.84 Å². The molecule has 3 heteroatoms. The molecule has 0 aliphatic carbocycles. The van der Waals surface area contributed by atoms with Crippen LogP contribution in [0.1, 0.15) is 12.0 Å². The van der Waals surface area contributed by atoms with Gasteiger partial charge in [0.15, 0.2) is 0 Å². The van der Waals surface area contributed by atoms with E-state index in [9.17, 15) is 5.11 Å². The van der Waals surface area contributed by atoms with Crippen LogP contribution >= 0.6 is 0 Å². The predicted octanol–water partition coefficient (Wildman–Crippen LogP) is 0.443. The van der Waals surface area contributed by atoms with E-state index in [2.05, 4.69) is 17.6 Å². The number of nitrogens with one attached hydrogen (secondary N) is 1. The quantitative estimate of drug-likeness (QED) is 0.455. The van der Waals surface area contributed by atoms with Crippen LogP contribution < -0.4 is 11.3 Å². The number of hydrogen-bond donors (Lipinski definition) is 3. The first-order valence-electron chi connectivity index (χ1n) is 4.48. The second-order valence-corrected chi connectivity index (χ2v) is 3.09. The number of hydrazine groups is 1. The van der Waals surface area contributed by atoms with Crippen LogP contribution in [0.2, 0.25) is 0 Å². The largest absolute Gasteiger partial charge is 0.392 e. The van der Waals surface area contributed by atoms with Gasteiger partial charge in [-0.3, -0.25) is 11.3 Å². The first kappa shape index (κ1) is 10.2. The number of aliphatic hydroxyl groups excluding tert-OH is 1. The fraction of sp³-hybridized carbons (Fsp3) is 0.400. The summed E-state index contributed by atoms with van der Waals surface area (Å²) in [6, 6.07) is 10.1. The van der Waals surface area contributed by atoms with E-state index in [1.54, 1.807) is 0 Å². The summed E-state index contributed by atoms with van der Waals surface area (Å²) in [5.74, 6) is 5.09. The van der Waals surface area contributed by atoms with Crippen molar-refractivity contribution in [1.29, 1.82) is 0 Å². The van der Waals surface area contributed by atoms with Crippen molar-refractivity contribution in [2.45, 2.75) is 18.9 Å². The number of benzene rings is 1. The van der Waals surface area contributed by atoms with Gasteiger partial charge >= 0.3 is 0 Å². The summed E-state index contributed by atoms with van der Waals surface area (Å²) in [5.41, 5.74) is 3.70. The minimum Gasteiger partial charge on any atom is -0.392 e. The molecule has 4 N–H and O–H groups in total. The minimum atomic E-state index is -0.356. The summed E-state index contributed by atoms with van der Waals surface area (Å²) in [6.45, 7) is 0.451. The second-order valence-electron chi connectivity index (χ2n) is 3.09. The summed E-state index contributed by atoms with van der Waals surface area (Å²) < 4.78 is 0. The zero-order chi connectivity index (χ0) is 9.52.